The summed E-state index contributed by atoms with van der Waals surface area (Å²) < 4.78 is 15.4. The summed E-state index contributed by atoms with van der Waals surface area (Å²) in [7, 11) is 1.53. The van der Waals surface area contributed by atoms with Gasteiger partial charge in [-0.05, 0) is 6.08 Å². The molecule has 1 N–H and O–H groups in total. The van der Waals surface area contributed by atoms with E-state index in [2.05, 4.69) is 0 Å². The summed E-state index contributed by atoms with van der Waals surface area (Å²) >= 11 is 0. The molecule has 1 fully saturated rings. The average Bonchev–Trinajstić information content (AvgIpc) is 2.43. The molecule has 1 saturated heterocycles. The molecular weight excluding hydrogens is 148 g/mol. The van der Waals surface area contributed by atoms with Crippen molar-refractivity contribution in [1.29, 1.82) is 0 Å². The molecule has 2 heterocycles. The highest BCUT2D eigenvalue weighted by atomic mass is 16.7. The van der Waals surface area contributed by atoms with Gasteiger partial charge in [0.05, 0.1) is 13.7 Å². The molecule has 0 spiro atoms. The van der Waals surface area contributed by atoms with Crippen LogP contribution in [0.4, 0.5) is 0 Å². The van der Waals surface area contributed by atoms with Gasteiger partial charge in [0.25, 0.3) is 0 Å². The van der Waals surface area contributed by atoms with Crippen molar-refractivity contribution < 1.29 is 19.3 Å². The Bertz CT molecular complexity index is 189. The van der Waals surface area contributed by atoms with Gasteiger partial charge < -0.3 is 19.3 Å². The van der Waals surface area contributed by atoms with Crippen LogP contribution in [-0.4, -0.2) is 37.3 Å². The zero-order valence-corrected chi connectivity index (χ0v) is 6.19. The lowest BCUT2D eigenvalue weighted by Crippen LogP contribution is -2.32. The van der Waals surface area contributed by atoms with Gasteiger partial charge in [-0.2, -0.15) is 0 Å². The van der Waals surface area contributed by atoms with E-state index < -0.39 is 12.4 Å². The molecule has 3 atom stereocenters. The van der Waals surface area contributed by atoms with Gasteiger partial charge in [-0.15, -0.1) is 0 Å². The number of ether oxygens (including phenoxy) is 3. The highest BCUT2D eigenvalue weighted by molar-refractivity contribution is 5.09. The van der Waals surface area contributed by atoms with Crippen molar-refractivity contribution in [2.24, 2.45) is 0 Å². The predicted molar refractivity (Wildman–Crippen MR) is 35.7 cm³/mol. The molecule has 0 radical (unpaired) electrons. The molecule has 4 heteroatoms. The Morgan fingerprint density at radius 2 is 2.55 bits per heavy atom. The van der Waals surface area contributed by atoms with Crippen molar-refractivity contribution in [3.05, 3.63) is 11.8 Å². The number of aliphatic hydroxyl groups excluding tert-OH is 1. The van der Waals surface area contributed by atoms with Gasteiger partial charge in [-0.3, -0.25) is 0 Å². The van der Waals surface area contributed by atoms with E-state index in [0.29, 0.717) is 12.4 Å². The van der Waals surface area contributed by atoms with Crippen LogP contribution in [0.1, 0.15) is 0 Å². The maximum Gasteiger partial charge on any atom is 0.216 e. The van der Waals surface area contributed by atoms with Gasteiger partial charge in [0, 0.05) is 0 Å². The molecule has 0 amide bonds. The Hall–Kier alpha value is -0.580. The number of methoxy groups -OCH3 is 1. The fourth-order valence-corrected chi connectivity index (χ4v) is 1.27. The molecule has 2 aliphatic rings. The molecule has 2 aliphatic heterocycles. The van der Waals surface area contributed by atoms with Crippen LogP contribution in [0.3, 0.4) is 0 Å². The van der Waals surface area contributed by atoms with Crippen molar-refractivity contribution in [3.8, 4) is 0 Å². The molecule has 2 bridgehead atoms. The number of rotatable bonds is 1. The van der Waals surface area contributed by atoms with E-state index in [1.165, 1.54) is 7.11 Å². The monoisotopic (exact) mass is 158 g/mol. The molecular formula is C7H10O4. The largest absolute Gasteiger partial charge is 0.496 e. The van der Waals surface area contributed by atoms with Gasteiger partial charge in [0.15, 0.2) is 5.76 Å². The zero-order valence-electron chi connectivity index (χ0n) is 6.19. The molecule has 0 unspecified atom stereocenters. The maximum absolute atomic E-state index is 9.34. The third-order valence-electron chi connectivity index (χ3n) is 1.89. The van der Waals surface area contributed by atoms with Crippen LogP contribution in [0.25, 0.3) is 0 Å². The Labute approximate surface area is 64.4 Å². The third-order valence-corrected chi connectivity index (χ3v) is 1.89. The van der Waals surface area contributed by atoms with Crippen LogP contribution in [0.15, 0.2) is 11.8 Å². The van der Waals surface area contributed by atoms with Crippen LogP contribution in [0.2, 0.25) is 0 Å². The summed E-state index contributed by atoms with van der Waals surface area (Å²) in [6.45, 7) is 0.440. The average molecular weight is 158 g/mol. The molecule has 11 heavy (non-hydrogen) atoms. The van der Waals surface area contributed by atoms with Crippen LogP contribution in [0, 0.1) is 0 Å². The number of fused-ring (bicyclic) bond motifs is 2. The van der Waals surface area contributed by atoms with Crippen molar-refractivity contribution in [2.45, 2.75) is 18.5 Å². The van der Waals surface area contributed by atoms with Crippen molar-refractivity contribution in [2.75, 3.05) is 13.7 Å². The number of aliphatic hydroxyl groups is 1. The summed E-state index contributed by atoms with van der Waals surface area (Å²) in [6, 6.07) is 0. The van der Waals surface area contributed by atoms with Crippen LogP contribution < -0.4 is 0 Å². The minimum atomic E-state index is -0.594. The van der Waals surface area contributed by atoms with E-state index in [4.69, 9.17) is 14.2 Å². The Morgan fingerprint density at radius 1 is 1.73 bits per heavy atom. The highest BCUT2D eigenvalue weighted by Gasteiger charge is 2.38. The third kappa shape index (κ3) is 1.03. The summed E-state index contributed by atoms with van der Waals surface area (Å²) in [6.07, 6.45) is 0.433. The molecule has 0 aliphatic carbocycles. The summed E-state index contributed by atoms with van der Waals surface area (Å²) in [5.74, 6) is 0.561. The Morgan fingerprint density at radius 3 is 3.27 bits per heavy atom. The number of hydrogen-bond donors (Lipinski definition) is 1. The van der Waals surface area contributed by atoms with E-state index in [1.807, 2.05) is 0 Å². The van der Waals surface area contributed by atoms with E-state index in [0.717, 1.165) is 0 Å². The Balaban J connectivity index is 2.20. The second-order valence-corrected chi connectivity index (χ2v) is 2.60. The van der Waals surface area contributed by atoms with E-state index >= 15 is 0 Å². The van der Waals surface area contributed by atoms with Gasteiger partial charge in [0.2, 0.25) is 6.29 Å². The smallest absolute Gasteiger partial charge is 0.216 e. The first-order valence-electron chi connectivity index (χ1n) is 3.52. The van der Waals surface area contributed by atoms with Crippen LogP contribution >= 0.6 is 0 Å². The number of hydrogen-bond acceptors (Lipinski definition) is 4. The van der Waals surface area contributed by atoms with E-state index in [-0.39, 0.29) is 6.10 Å². The second-order valence-electron chi connectivity index (χ2n) is 2.60. The first kappa shape index (κ1) is 7.09. The van der Waals surface area contributed by atoms with Gasteiger partial charge >= 0.3 is 0 Å². The fourth-order valence-electron chi connectivity index (χ4n) is 1.27. The van der Waals surface area contributed by atoms with Crippen LogP contribution in [-0.2, 0) is 14.2 Å². The maximum atomic E-state index is 9.34. The van der Waals surface area contributed by atoms with Crippen molar-refractivity contribution in [3.63, 3.8) is 0 Å². The summed E-state index contributed by atoms with van der Waals surface area (Å²) in [5, 5.41) is 9.34. The lowest BCUT2D eigenvalue weighted by atomic mass is 10.2. The highest BCUT2D eigenvalue weighted by Crippen LogP contribution is 2.27. The van der Waals surface area contributed by atoms with E-state index in [1.54, 1.807) is 6.08 Å². The fraction of sp³-hybridized carbons (Fsp3) is 0.714. The first-order valence-corrected chi connectivity index (χ1v) is 3.52. The van der Waals surface area contributed by atoms with Crippen molar-refractivity contribution in [1.82, 2.24) is 0 Å². The Kier molecular flexibility index (Phi) is 1.60. The normalized spacial score (nSPS) is 42.0. The standard InChI is InChI=1S/C7H10O4/c1-9-5-2-4(8)6-3-10-7(5)11-6/h2,4,6-8H,3H2,1H3/t4-,6-,7-/m1/s1. The molecule has 0 saturated carbocycles. The van der Waals surface area contributed by atoms with Gasteiger partial charge in [0.1, 0.15) is 12.2 Å². The molecule has 62 valence electrons. The summed E-state index contributed by atoms with van der Waals surface area (Å²) in [5.41, 5.74) is 0. The minimum Gasteiger partial charge on any atom is -0.496 e. The SMILES string of the molecule is COC1=C[C@@H](O)[C@H]2CO[C@@H]1O2. The minimum absolute atomic E-state index is 0.209. The topological polar surface area (TPSA) is 47.9 Å². The molecule has 2 rings (SSSR count). The first-order chi connectivity index (χ1) is 5.31. The molecule has 4 nitrogen and oxygen atoms in total. The van der Waals surface area contributed by atoms with E-state index in [9.17, 15) is 5.11 Å². The molecule has 0 aromatic heterocycles. The van der Waals surface area contributed by atoms with Gasteiger partial charge in [-0.25, -0.2) is 0 Å². The lowest BCUT2D eigenvalue weighted by molar-refractivity contribution is -0.0891. The predicted octanol–water partition coefficient (Wildman–Crippen LogP) is -0.367. The van der Waals surface area contributed by atoms with Crippen LogP contribution in [0.5, 0.6) is 0 Å². The van der Waals surface area contributed by atoms with Gasteiger partial charge in [-0.1, -0.05) is 0 Å². The van der Waals surface area contributed by atoms with Crippen molar-refractivity contribution >= 4 is 0 Å². The lowest BCUT2D eigenvalue weighted by Gasteiger charge is -2.21. The summed E-state index contributed by atoms with van der Waals surface area (Å²) in [4.78, 5) is 0. The second kappa shape index (κ2) is 2.48. The zero-order chi connectivity index (χ0) is 7.84. The molecule has 0 aromatic rings. The quantitative estimate of drug-likeness (QED) is 0.565. The molecule has 0 aromatic carbocycles.